The number of fused-ring (bicyclic) bond motifs is 3. The van der Waals surface area contributed by atoms with Gasteiger partial charge in [-0.2, -0.15) is 0 Å². The van der Waals surface area contributed by atoms with Crippen LogP contribution >= 0.6 is 0 Å². The molecule has 0 radical (unpaired) electrons. The van der Waals surface area contributed by atoms with Gasteiger partial charge < -0.3 is 5.32 Å². The van der Waals surface area contributed by atoms with Gasteiger partial charge in [0, 0.05) is 0 Å². The molecule has 1 N–H and O–H groups in total. The first-order valence-electron chi connectivity index (χ1n) is 4.39. The van der Waals surface area contributed by atoms with E-state index in [9.17, 15) is 4.39 Å². The summed E-state index contributed by atoms with van der Waals surface area (Å²) >= 11 is 0. The first kappa shape index (κ1) is 7.55. The van der Waals surface area contributed by atoms with E-state index in [4.69, 9.17) is 0 Å². The Hall–Kier alpha value is -1.84. The maximum absolute atomic E-state index is 12.9. The van der Waals surface area contributed by atoms with Gasteiger partial charge in [-0.15, -0.1) is 0 Å². The van der Waals surface area contributed by atoms with E-state index in [1.807, 2.05) is 4.57 Å². The van der Waals surface area contributed by atoms with E-state index in [-0.39, 0.29) is 5.82 Å². The number of aromatic nitrogens is 2. The van der Waals surface area contributed by atoms with Gasteiger partial charge in [0.15, 0.2) is 0 Å². The van der Waals surface area contributed by atoms with Crippen molar-refractivity contribution in [1.82, 2.24) is 9.55 Å². The molecule has 0 saturated heterocycles. The smallest absolute Gasteiger partial charge is 0.125 e. The second-order valence-corrected chi connectivity index (χ2v) is 3.27. The van der Waals surface area contributed by atoms with Crippen molar-refractivity contribution in [2.24, 2.45) is 0 Å². The van der Waals surface area contributed by atoms with Crippen LogP contribution in [-0.4, -0.2) is 9.55 Å². The van der Waals surface area contributed by atoms with Crippen LogP contribution in [0.15, 0.2) is 30.7 Å². The van der Waals surface area contributed by atoms with Crippen LogP contribution in [0.5, 0.6) is 0 Å². The van der Waals surface area contributed by atoms with Crippen molar-refractivity contribution in [2.45, 2.75) is 6.54 Å². The minimum Gasteiger partial charge on any atom is -0.378 e. The van der Waals surface area contributed by atoms with E-state index >= 15 is 0 Å². The van der Waals surface area contributed by atoms with Crippen molar-refractivity contribution in [3.05, 3.63) is 42.2 Å². The molecule has 0 aliphatic carbocycles. The van der Waals surface area contributed by atoms with Crippen LogP contribution in [0.1, 0.15) is 5.69 Å². The van der Waals surface area contributed by atoms with E-state index in [0.717, 1.165) is 17.1 Å². The van der Waals surface area contributed by atoms with Gasteiger partial charge in [0.2, 0.25) is 0 Å². The fraction of sp³-hybridized carbons (Fsp3) is 0.100. The summed E-state index contributed by atoms with van der Waals surface area (Å²) in [5, 5.41) is 3.14. The highest BCUT2D eigenvalue weighted by Crippen LogP contribution is 2.27. The third-order valence-electron chi connectivity index (χ3n) is 2.39. The summed E-state index contributed by atoms with van der Waals surface area (Å²) in [5.74, 6) is -0.222. The fourth-order valence-electron chi connectivity index (χ4n) is 1.72. The minimum atomic E-state index is -0.222. The lowest BCUT2D eigenvalue weighted by atomic mass is 10.2. The molecule has 1 aromatic carbocycles. The topological polar surface area (TPSA) is 29.9 Å². The number of hydrogen-bond donors (Lipinski definition) is 1. The molecule has 2 heterocycles. The molecule has 0 atom stereocenters. The molecule has 1 aromatic heterocycles. The Bertz CT molecular complexity index is 490. The molecule has 3 rings (SSSR count). The average Bonchev–Trinajstić information content (AvgIpc) is 2.65. The largest absolute Gasteiger partial charge is 0.378 e. The Morgan fingerprint density at radius 3 is 3.29 bits per heavy atom. The summed E-state index contributed by atoms with van der Waals surface area (Å²) in [7, 11) is 0. The summed E-state index contributed by atoms with van der Waals surface area (Å²) in [4.78, 5) is 4.05. The molecule has 14 heavy (non-hydrogen) atoms. The van der Waals surface area contributed by atoms with Gasteiger partial charge in [-0.1, -0.05) is 0 Å². The van der Waals surface area contributed by atoms with E-state index in [1.165, 1.54) is 12.1 Å². The van der Waals surface area contributed by atoms with Crippen LogP contribution in [0, 0.1) is 5.82 Å². The monoisotopic (exact) mass is 189 g/mol. The predicted octanol–water partition coefficient (Wildman–Crippen LogP) is 1.94. The summed E-state index contributed by atoms with van der Waals surface area (Å²) in [5.41, 5.74) is 2.85. The molecule has 2 aromatic rings. The van der Waals surface area contributed by atoms with Crippen molar-refractivity contribution in [3.8, 4) is 5.69 Å². The lowest BCUT2D eigenvalue weighted by molar-refractivity contribution is 0.627. The van der Waals surface area contributed by atoms with Crippen LogP contribution in [0.2, 0.25) is 0 Å². The van der Waals surface area contributed by atoms with E-state index in [0.29, 0.717) is 6.54 Å². The first-order valence-corrected chi connectivity index (χ1v) is 4.39. The Balaban J connectivity index is 2.26. The third-order valence-corrected chi connectivity index (χ3v) is 2.39. The Kier molecular flexibility index (Phi) is 1.39. The minimum absolute atomic E-state index is 0.222. The molecular weight excluding hydrogens is 181 g/mol. The normalized spacial score (nSPS) is 12.9. The van der Waals surface area contributed by atoms with Gasteiger partial charge in [0.25, 0.3) is 0 Å². The van der Waals surface area contributed by atoms with Crippen molar-refractivity contribution in [1.29, 1.82) is 0 Å². The standard InChI is InChI=1S/C10H8FN3/c11-7-1-2-10-9(3-7)13-5-8-4-12-6-14(8)10/h1-4,6,13H,5H2. The predicted molar refractivity (Wildman–Crippen MR) is 50.8 cm³/mol. The molecule has 0 fully saturated rings. The molecule has 4 heteroatoms. The molecule has 0 unspecified atom stereocenters. The van der Waals surface area contributed by atoms with Gasteiger partial charge in [-0.05, 0) is 18.2 Å². The molecule has 1 aliphatic rings. The zero-order valence-electron chi connectivity index (χ0n) is 7.37. The molecular formula is C10H8FN3. The maximum atomic E-state index is 12.9. The highest BCUT2D eigenvalue weighted by Gasteiger charge is 2.14. The van der Waals surface area contributed by atoms with Gasteiger partial charge >= 0.3 is 0 Å². The second-order valence-electron chi connectivity index (χ2n) is 3.27. The highest BCUT2D eigenvalue weighted by atomic mass is 19.1. The number of halogens is 1. The van der Waals surface area contributed by atoms with Crippen molar-refractivity contribution < 1.29 is 4.39 Å². The van der Waals surface area contributed by atoms with Gasteiger partial charge in [0.05, 0.1) is 36.1 Å². The number of nitrogens with zero attached hydrogens (tertiary/aromatic N) is 2. The first-order chi connectivity index (χ1) is 6.84. The highest BCUT2D eigenvalue weighted by molar-refractivity contribution is 5.63. The molecule has 3 nitrogen and oxygen atoms in total. The number of hydrogen-bond acceptors (Lipinski definition) is 2. The molecule has 0 bridgehead atoms. The molecule has 0 amide bonds. The molecule has 0 spiro atoms. The van der Waals surface area contributed by atoms with Crippen molar-refractivity contribution in [2.75, 3.05) is 5.32 Å². The lowest BCUT2D eigenvalue weighted by Gasteiger charge is -2.20. The van der Waals surface area contributed by atoms with Crippen LogP contribution < -0.4 is 5.32 Å². The molecule has 70 valence electrons. The Morgan fingerprint density at radius 2 is 2.36 bits per heavy atom. The van der Waals surface area contributed by atoms with Gasteiger partial charge in [-0.3, -0.25) is 4.57 Å². The van der Waals surface area contributed by atoms with Crippen LogP contribution in [0.25, 0.3) is 5.69 Å². The van der Waals surface area contributed by atoms with Gasteiger partial charge in [0.1, 0.15) is 5.82 Å². The number of nitrogens with one attached hydrogen (secondary N) is 1. The van der Waals surface area contributed by atoms with Crippen molar-refractivity contribution >= 4 is 5.69 Å². The second kappa shape index (κ2) is 2.57. The summed E-state index contributed by atoms with van der Waals surface area (Å²) in [6, 6.07) is 4.70. The number of rotatable bonds is 0. The summed E-state index contributed by atoms with van der Waals surface area (Å²) in [6.07, 6.45) is 3.55. The Morgan fingerprint density at radius 1 is 1.43 bits per heavy atom. The third kappa shape index (κ3) is 0.937. The molecule has 0 saturated carbocycles. The van der Waals surface area contributed by atoms with E-state index < -0.39 is 0 Å². The maximum Gasteiger partial charge on any atom is 0.125 e. The number of imidazole rings is 1. The summed E-state index contributed by atoms with van der Waals surface area (Å²) < 4.78 is 14.9. The number of anilines is 1. The quantitative estimate of drug-likeness (QED) is 0.686. The van der Waals surface area contributed by atoms with Gasteiger partial charge in [-0.25, -0.2) is 9.37 Å². The number of benzene rings is 1. The van der Waals surface area contributed by atoms with Crippen LogP contribution in [-0.2, 0) is 6.54 Å². The zero-order chi connectivity index (χ0) is 9.54. The fourth-order valence-corrected chi connectivity index (χ4v) is 1.72. The zero-order valence-corrected chi connectivity index (χ0v) is 7.37. The van der Waals surface area contributed by atoms with Crippen molar-refractivity contribution in [3.63, 3.8) is 0 Å². The van der Waals surface area contributed by atoms with Crippen LogP contribution in [0.3, 0.4) is 0 Å². The molecule has 1 aliphatic heterocycles. The lowest BCUT2D eigenvalue weighted by Crippen LogP contribution is -2.14. The Labute approximate surface area is 80.2 Å². The average molecular weight is 189 g/mol. The van der Waals surface area contributed by atoms with E-state index in [1.54, 1.807) is 18.6 Å². The van der Waals surface area contributed by atoms with E-state index in [2.05, 4.69) is 10.3 Å². The van der Waals surface area contributed by atoms with Crippen LogP contribution in [0.4, 0.5) is 10.1 Å². The summed E-state index contributed by atoms with van der Waals surface area (Å²) in [6.45, 7) is 0.691. The SMILES string of the molecule is Fc1ccc2c(c1)NCc1cncn1-2.